The fourth-order valence-corrected chi connectivity index (χ4v) is 3.02. The quantitative estimate of drug-likeness (QED) is 0.907. The summed E-state index contributed by atoms with van der Waals surface area (Å²) in [6.07, 6.45) is 4.27. The molecule has 2 aromatic rings. The molecule has 1 atom stereocenters. The number of H-pyrrole nitrogens is 1. The molecule has 1 aromatic carbocycles. The van der Waals surface area contributed by atoms with E-state index in [4.69, 9.17) is 0 Å². The number of aromatic nitrogens is 1. The zero-order valence-corrected chi connectivity index (χ0v) is 12.7. The van der Waals surface area contributed by atoms with Crippen LogP contribution < -0.4 is 5.32 Å². The molecule has 21 heavy (non-hydrogen) atoms. The number of carbonyl (C=O) groups excluding carboxylic acids is 1. The van der Waals surface area contributed by atoms with Crippen molar-refractivity contribution in [1.29, 1.82) is 0 Å². The summed E-state index contributed by atoms with van der Waals surface area (Å²) in [5.74, 6) is 0.121. The lowest BCUT2D eigenvalue weighted by molar-refractivity contribution is 0.0689. The molecule has 3 rings (SSSR count). The monoisotopic (exact) mass is 285 g/mol. The molecule has 112 valence electrons. The number of nitrogens with zero attached hydrogens (tertiary/aromatic N) is 1. The minimum Gasteiger partial charge on any atom is -0.361 e. The maximum absolute atomic E-state index is 12.8. The fraction of sp³-hybridized carbons (Fsp3) is 0.471. The first-order valence-electron chi connectivity index (χ1n) is 7.76. The van der Waals surface area contributed by atoms with Gasteiger partial charge >= 0.3 is 0 Å². The number of rotatable bonds is 4. The lowest BCUT2D eigenvalue weighted by atomic mass is 10.1. The predicted molar refractivity (Wildman–Crippen MR) is 85.5 cm³/mol. The van der Waals surface area contributed by atoms with E-state index >= 15 is 0 Å². The van der Waals surface area contributed by atoms with Crippen LogP contribution in [0.1, 0.15) is 37.0 Å². The predicted octanol–water partition coefficient (Wildman–Crippen LogP) is 2.77. The van der Waals surface area contributed by atoms with Crippen molar-refractivity contribution in [1.82, 2.24) is 15.2 Å². The smallest absolute Gasteiger partial charge is 0.254 e. The number of aromatic amines is 1. The summed E-state index contributed by atoms with van der Waals surface area (Å²) in [6, 6.07) is 8.55. The summed E-state index contributed by atoms with van der Waals surface area (Å²) in [6.45, 7) is 6.03. The Morgan fingerprint density at radius 1 is 1.38 bits per heavy atom. The Morgan fingerprint density at radius 2 is 2.24 bits per heavy atom. The summed E-state index contributed by atoms with van der Waals surface area (Å²) in [5.41, 5.74) is 1.78. The van der Waals surface area contributed by atoms with Gasteiger partial charge in [-0.15, -0.1) is 0 Å². The molecule has 1 saturated heterocycles. The van der Waals surface area contributed by atoms with Gasteiger partial charge in [-0.3, -0.25) is 4.79 Å². The summed E-state index contributed by atoms with van der Waals surface area (Å²) < 4.78 is 0. The van der Waals surface area contributed by atoms with Gasteiger partial charge in [0, 0.05) is 35.9 Å². The van der Waals surface area contributed by atoms with Gasteiger partial charge in [0.15, 0.2) is 0 Å². The Hall–Kier alpha value is -1.81. The third kappa shape index (κ3) is 2.95. The standard InChI is InChI=1S/C17H23N3O/c1-12(2)20(11-15-4-3-8-18-15)17(21)14-6-5-13-7-9-19-16(13)10-14/h5-7,9-10,12,15,18-19H,3-4,8,11H2,1-2H3. The van der Waals surface area contributed by atoms with E-state index in [1.54, 1.807) is 0 Å². The van der Waals surface area contributed by atoms with E-state index in [1.807, 2.05) is 35.4 Å². The van der Waals surface area contributed by atoms with Crippen LogP contribution in [0, 0.1) is 0 Å². The maximum Gasteiger partial charge on any atom is 0.254 e. The van der Waals surface area contributed by atoms with Crippen molar-refractivity contribution in [2.24, 2.45) is 0 Å². The molecule has 0 bridgehead atoms. The van der Waals surface area contributed by atoms with E-state index in [2.05, 4.69) is 24.1 Å². The Bertz CT molecular complexity index is 626. The molecular formula is C17H23N3O. The van der Waals surface area contributed by atoms with Crippen LogP contribution in [-0.2, 0) is 0 Å². The lowest BCUT2D eigenvalue weighted by Crippen LogP contribution is -2.44. The van der Waals surface area contributed by atoms with E-state index in [0.717, 1.165) is 36.0 Å². The number of hydrogen-bond acceptors (Lipinski definition) is 2. The first-order valence-corrected chi connectivity index (χ1v) is 7.76. The van der Waals surface area contributed by atoms with E-state index in [9.17, 15) is 4.79 Å². The van der Waals surface area contributed by atoms with Gasteiger partial charge in [0.1, 0.15) is 0 Å². The first kappa shape index (κ1) is 14.1. The molecule has 1 amide bonds. The molecule has 1 aliphatic rings. The minimum atomic E-state index is 0.121. The number of nitrogens with one attached hydrogen (secondary N) is 2. The summed E-state index contributed by atoms with van der Waals surface area (Å²) in [4.78, 5) is 18.0. The van der Waals surface area contributed by atoms with Crippen LogP contribution in [0.4, 0.5) is 0 Å². The Labute approximate surface area is 125 Å². The van der Waals surface area contributed by atoms with Crippen molar-refractivity contribution in [3.63, 3.8) is 0 Å². The van der Waals surface area contributed by atoms with Gasteiger partial charge in [-0.05, 0) is 56.8 Å². The number of carbonyl (C=O) groups is 1. The van der Waals surface area contributed by atoms with Crippen molar-refractivity contribution in [2.75, 3.05) is 13.1 Å². The maximum atomic E-state index is 12.8. The second kappa shape index (κ2) is 5.90. The van der Waals surface area contributed by atoms with Gasteiger partial charge in [-0.2, -0.15) is 0 Å². The van der Waals surface area contributed by atoms with Gasteiger partial charge < -0.3 is 15.2 Å². The third-order valence-electron chi connectivity index (χ3n) is 4.27. The Balaban J connectivity index is 1.81. The van der Waals surface area contributed by atoms with Crippen LogP contribution in [0.25, 0.3) is 10.9 Å². The van der Waals surface area contributed by atoms with E-state index in [1.165, 1.54) is 6.42 Å². The van der Waals surface area contributed by atoms with Crippen molar-refractivity contribution in [2.45, 2.75) is 38.8 Å². The van der Waals surface area contributed by atoms with Crippen LogP contribution in [0.3, 0.4) is 0 Å². The van der Waals surface area contributed by atoms with E-state index in [-0.39, 0.29) is 11.9 Å². The molecule has 1 fully saturated rings. The van der Waals surface area contributed by atoms with Gasteiger partial charge in [0.2, 0.25) is 0 Å². The van der Waals surface area contributed by atoms with E-state index in [0.29, 0.717) is 6.04 Å². The minimum absolute atomic E-state index is 0.121. The van der Waals surface area contributed by atoms with Gasteiger partial charge in [0.05, 0.1) is 0 Å². The largest absolute Gasteiger partial charge is 0.361 e. The molecule has 0 radical (unpaired) electrons. The zero-order chi connectivity index (χ0) is 14.8. The molecule has 1 aliphatic heterocycles. The van der Waals surface area contributed by atoms with Gasteiger partial charge in [-0.25, -0.2) is 0 Å². The second-order valence-electron chi connectivity index (χ2n) is 6.12. The van der Waals surface area contributed by atoms with Crippen molar-refractivity contribution in [3.05, 3.63) is 36.0 Å². The molecule has 1 unspecified atom stereocenters. The average molecular weight is 285 g/mol. The zero-order valence-electron chi connectivity index (χ0n) is 12.7. The molecule has 0 saturated carbocycles. The van der Waals surface area contributed by atoms with Crippen molar-refractivity contribution in [3.8, 4) is 0 Å². The van der Waals surface area contributed by atoms with Crippen LogP contribution in [0.5, 0.6) is 0 Å². The van der Waals surface area contributed by atoms with Gasteiger partial charge in [0.25, 0.3) is 5.91 Å². The number of benzene rings is 1. The van der Waals surface area contributed by atoms with Crippen LogP contribution in [0.2, 0.25) is 0 Å². The second-order valence-corrected chi connectivity index (χ2v) is 6.12. The highest BCUT2D eigenvalue weighted by atomic mass is 16.2. The number of amides is 1. The SMILES string of the molecule is CC(C)N(CC1CCCN1)C(=O)c1ccc2cc[nH]c2c1. The Morgan fingerprint density at radius 3 is 2.95 bits per heavy atom. The molecular weight excluding hydrogens is 262 g/mol. The molecule has 0 aliphatic carbocycles. The van der Waals surface area contributed by atoms with Gasteiger partial charge in [-0.1, -0.05) is 6.07 Å². The first-order chi connectivity index (χ1) is 10.1. The van der Waals surface area contributed by atoms with Crippen LogP contribution >= 0.6 is 0 Å². The van der Waals surface area contributed by atoms with Crippen LogP contribution in [-0.4, -0.2) is 41.0 Å². The third-order valence-corrected chi connectivity index (χ3v) is 4.27. The average Bonchev–Trinajstić information content (AvgIpc) is 3.14. The summed E-state index contributed by atoms with van der Waals surface area (Å²) in [5, 5.41) is 4.61. The normalized spacial score (nSPS) is 18.5. The molecule has 4 nitrogen and oxygen atoms in total. The number of hydrogen-bond donors (Lipinski definition) is 2. The molecule has 0 spiro atoms. The number of fused-ring (bicyclic) bond motifs is 1. The van der Waals surface area contributed by atoms with Crippen LogP contribution in [0.15, 0.2) is 30.5 Å². The molecule has 1 aromatic heterocycles. The molecule has 4 heteroatoms. The summed E-state index contributed by atoms with van der Waals surface area (Å²) >= 11 is 0. The van der Waals surface area contributed by atoms with E-state index < -0.39 is 0 Å². The highest BCUT2D eigenvalue weighted by molar-refractivity contribution is 5.98. The Kier molecular flexibility index (Phi) is 3.97. The lowest BCUT2D eigenvalue weighted by Gasteiger charge is -2.29. The highest BCUT2D eigenvalue weighted by Crippen LogP contribution is 2.18. The summed E-state index contributed by atoms with van der Waals surface area (Å²) in [7, 11) is 0. The molecule has 2 N–H and O–H groups in total. The van der Waals surface area contributed by atoms with Crippen molar-refractivity contribution >= 4 is 16.8 Å². The highest BCUT2D eigenvalue weighted by Gasteiger charge is 2.24. The topological polar surface area (TPSA) is 48.1 Å². The molecule has 2 heterocycles. The fourth-order valence-electron chi connectivity index (χ4n) is 3.02. The van der Waals surface area contributed by atoms with Crippen molar-refractivity contribution < 1.29 is 4.79 Å².